The first-order chi connectivity index (χ1) is 12.1. The second-order valence-electron chi connectivity index (χ2n) is 6.33. The van der Waals surface area contributed by atoms with Gasteiger partial charge in [-0.05, 0) is 38.8 Å². The summed E-state index contributed by atoms with van der Waals surface area (Å²) in [5.74, 6) is 0.246. The van der Waals surface area contributed by atoms with E-state index < -0.39 is 0 Å². The second-order valence-corrected chi connectivity index (χ2v) is 6.33. The third kappa shape index (κ3) is 3.94. The predicted molar refractivity (Wildman–Crippen MR) is 92.2 cm³/mol. The number of nitrogens with zero attached hydrogens (tertiary/aromatic N) is 4. The maximum atomic E-state index is 12.8. The fraction of sp³-hybridized carbons (Fsp3) is 0.368. The van der Waals surface area contributed by atoms with Gasteiger partial charge in [0.15, 0.2) is 0 Å². The second kappa shape index (κ2) is 7.31. The van der Waals surface area contributed by atoms with Gasteiger partial charge < -0.3 is 9.64 Å². The highest BCUT2D eigenvalue weighted by Gasteiger charge is 2.27. The first kappa shape index (κ1) is 16.9. The largest absolute Gasteiger partial charge is 0.470 e. The van der Waals surface area contributed by atoms with Crippen molar-refractivity contribution < 1.29 is 9.53 Å². The number of piperidine rings is 1. The predicted octanol–water partition coefficient (Wildman–Crippen LogP) is 2.65. The highest BCUT2D eigenvalue weighted by atomic mass is 16.5. The molecule has 6 nitrogen and oxygen atoms in total. The number of rotatable bonds is 3. The molecule has 1 saturated heterocycles. The molecule has 0 aliphatic carbocycles. The monoisotopic (exact) mass is 336 g/mol. The number of carbonyl (C=O) groups excluding carboxylic acids is 1. The van der Waals surface area contributed by atoms with Gasteiger partial charge in [0.2, 0.25) is 5.69 Å². The van der Waals surface area contributed by atoms with Crippen molar-refractivity contribution in [3.63, 3.8) is 0 Å². The number of carbonyl (C=O) groups is 1. The van der Waals surface area contributed by atoms with Crippen molar-refractivity contribution >= 4 is 5.91 Å². The van der Waals surface area contributed by atoms with Gasteiger partial charge in [0, 0.05) is 24.5 Å². The summed E-state index contributed by atoms with van der Waals surface area (Å²) in [7, 11) is 0. The summed E-state index contributed by atoms with van der Waals surface area (Å²) in [6.45, 7) is 5.16. The number of amides is 1. The summed E-state index contributed by atoms with van der Waals surface area (Å²) in [6.07, 6.45) is 4.44. The molecule has 1 aliphatic heterocycles. The average Bonchev–Trinajstić information content (AvgIpc) is 2.61. The lowest BCUT2D eigenvalue weighted by molar-refractivity contribution is 0.0526. The molecule has 1 aromatic heterocycles. The SMILES string of the molecule is Cc1cc(C)cc(C(=O)N2CCCC(Oc3nccnc3C#N)C2)c1. The molecular formula is C19H20N4O2. The number of aromatic nitrogens is 2. The number of ether oxygens (including phenoxy) is 1. The van der Waals surface area contributed by atoms with E-state index in [9.17, 15) is 4.79 Å². The van der Waals surface area contributed by atoms with Crippen LogP contribution in [0.2, 0.25) is 0 Å². The Labute approximate surface area is 147 Å². The molecule has 0 bridgehead atoms. The lowest BCUT2D eigenvalue weighted by atomic mass is 10.0. The van der Waals surface area contributed by atoms with Gasteiger partial charge in [0.25, 0.3) is 11.8 Å². The van der Waals surface area contributed by atoms with E-state index in [1.54, 1.807) is 0 Å². The summed E-state index contributed by atoms with van der Waals surface area (Å²) in [5.41, 5.74) is 3.02. The molecule has 0 N–H and O–H groups in total. The van der Waals surface area contributed by atoms with Crippen LogP contribution >= 0.6 is 0 Å². The van der Waals surface area contributed by atoms with E-state index in [2.05, 4.69) is 16.0 Å². The fourth-order valence-corrected chi connectivity index (χ4v) is 3.15. The standard InChI is InChI=1S/C19H20N4O2/c1-13-8-14(2)10-15(9-13)19(24)23-7-3-4-16(12-23)25-18-17(11-20)21-5-6-22-18/h5-6,8-10,16H,3-4,7,12H2,1-2H3. The van der Waals surface area contributed by atoms with Crippen LogP contribution in [0.5, 0.6) is 5.88 Å². The smallest absolute Gasteiger partial charge is 0.253 e. The maximum absolute atomic E-state index is 12.8. The third-order valence-corrected chi connectivity index (χ3v) is 4.18. The molecule has 6 heteroatoms. The van der Waals surface area contributed by atoms with E-state index in [1.165, 1.54) is 12.4 Å². The number of benzene rings is 1. The maximum Gasteiger partial charge on any atom is 0.253 e. The van der Waals surface area contributed by atoms with Crippen LogP contribution in [0.25, 0.3) is 0 Å². The third-order valence-electron chi connectivity index (χ3n) is 4.18. The average molecular weight is 336 g/mol. The lowest BCUT2D eigenvalue weighted by Gasteiger charge is -2.32. The molecule has 2 aromatic rings. The fourth-order valence-electron chi connectivity index (χ4n) is 3.15. The van der Waals surface area contributed by atoms with E-state index in [1.807, 2.05) is 36.9 Å². The zero-order valence-electron chi connectivity index (χ0n) is 14.4. The van der Waals surface area contributed by atoms with Crippen LogP contribution in [0.15, 0.2) is 30.6 Å². The van der Waals surface area contributed by atoms with E-state index in [0.717, 1.165) is 24.0 Å². The summed E-state index contributed by atoms with van der Waals surface area (Å²) in [6, 6.07) is 7.86. The van der Waals surface area contributed by atoms with Crippen LogP contribution in [-0.4, -0.2) is 40.0 Å². The Kier molecular flexibility index (Phi) is 4.94. The van der Waals surface area contributed by atoms with Crippen LogP contribution in [0, 0.1) is 25.2 Å². The van der Waals surface area contributed by atoms with Gasteiger partial charge >= 0.3 is 0 Å². The number of likely N-dealkylation sites (tertiary alicyclic amines) is 1. The minimum atomic E-state index is -0.188. The number of hydrogen-bond donors (Lipinski definition) is 0. The van der Waals surface area contributed by atoms with Crippen LogP contribution in [-0.2, 0) is 0 Å². The van der Waals surface area contributed by atoms with Gasteiger partial charge in [-0.2, -0.15) is 5.26 Å². The van der Waals surface area contributed by atoms with E-state index in [-0.39, 0.29) is 23.6 Å². The minimum Gasteiger partial charge on any atom is -0.470 e. The van der Waals surface area contributed by atoms with Crippen molar-refractivity contribution in [1.29, 1.82) is 5.26 Å². The molecular weight excluding hydrogens is 316 g/mol. The van der Waals surface area contributed by atoms with Gasteiger partial charge in [-0.25, -0.2) is 9.97 Å². The lowest BCUT2D eigenvalue weighted by Crippen LogP contribution is -2.44. The van der Waals surface area contributed by atoms with E-state index in [0.29, 0.717) is 18.7 Å². The zero-order chi connectivity index (χ0) is 17.8. The Morgan fingerprint density at radius 1 is 1.24 bits per heavy atom. The van der Waals surface area contributed by atoms with Crippen molar-refractivity contribution in [3.05, 3.63) is 53.0 Å². The Morgan fingerprint density at radius 2 is 1.96 bits per heavy atom. The first-order valence-corrected chi connectivity index (χ1v) is 8.32. The molecule has 1 atom stereocenters. The summed E-state index contributed by atoms with van der Waals surface area (Å²) in [5, 5.41) is 9.09. The van der Waals surface area contributed by atoms with Crippen molar-refractivity contribution in [3.8, 4) is 11.9 Å². The number of hydrogen-bond acceptors (Lipinski definition) is 5. The normalized spacial score (nSPS) is 17.0. The first-order valence-electron chi connectivity index (χ1n) is 8.32. The summed E-state index contributed by atoms with van der Waals surface area (Å²) >= 11 is 0. The topological polar surface area (TPSA) is 79.1 Å². The van der Waals surface area contributed by atoms with Crippen molar-refractivity contribution in [2.24, 2.45) is 0 Å². The Morgan fingerprint density at radius 3 is 2.68 bits per heavy atom. The molecule has 3 rings (SSSR count). The van der Waals surface area contributed by atoms with E-state index >= 15 is 0 Å². The summed E-state index contributed by atoms with van der Waals surface area (Å²) in [4.78, 5) is 22.7. The molecule has 2 heterocycles. The molecule has 0 saturated carbocycles. The summed E-state index contributed by atoms with van der Waals surface area (Å²) < 4.78 is 5.85. The molecule has 1 unspecified atom stereocenters. The van der Waals surface area contributed by atoms with Crippen LogP contribution < -0.4 is 4.74 Å². The van der Waals surface area contributed by atoms with Crippen molar-refractivity contribution in [2.75, 3.05) is 13.1 Å². The molecule has 1 aliphatic rings. The minimum absolute atomic E-state index is 0.0137. The molecule has 1 aromatic carbocycles. The number of aryl methyl sites for hydroxylation is 2. The highest BCUT2D eigenvalue weighted by Crippen LogP contribution is 2.20. The van der Waals surface area contributed by atoms with Crippen molar-refractivity contribution in [1.82, 2.24) is 14.9 Å². The van der Waals surface area contributed by atoms with Gasteiger partial charge in [0.05, 0.1) is 6.54 Å². The Hall–Kier alpha value is -2.94. The quantitative estimate of drug-likeness (QED) is 0.861. The molecule has 128 valence electrons. The molecule has 25 heavy (non-hydrogen) atoms. The molecule has 0 spiro atoms. The van der Waals surface area contributed by atoms with Gasteiger partial charge in [0.1, 0.15) is 12.2 Å². The molecule has 1 fully saturated rings. The Balaban J connectivity index is 1.72. The highest BCUT2D eigenvalue weighted by molar-refractivity contribution is 5.94. The zero-order valence-corrected chi connectivity index (χ0v) is 14.4. The molecule has 1 amide bonds. The van der Waals surface area contributed by atoms with Gasteiger partial charge in [-0.15, -0.1) is 0 Å². The molecule has 0 radical (unpaired) electrons. The van der Waals surface area contributed by atoms with Gasteiger partial charge in [-0.3, -0.25) is 4.79 Å². The van der Waals surface area contributed by atoms with Crippen LogP contribution in [0.4, 0.5) is 0 Å². The van der Waals surface area contributed by atoms with E-state index in [4.69, 9.17) is 10.00 Å². The van der Waals surface area contributed by atoms with Crippen LogP contribution in [0.1, 0.15) is 40.0 Å². The van der Waals surface area contributed by atoms with Crippen LogP contribution in [0.3, 0.4) is 0 Å². The number of nitriles is 1. The Bertz CT molecular complexity index is 808. The van der Waals surface area contributed by atoms with Gasteiger partial charge in [-0.1, -0.05) is 17.2 Å². The van der Waals surface area contributed by atoms with Crippen molar-refractivity contribution in [2.45, 2.75) is 32.8 Å².